The molecule has 2 aliphatic rings. The van der Waals surface area contributed by atoms with Crippen LogP contribution in [-0.2, 0) is 0 Å². The van der Waals surface area contributed by atoms with E-state index in [1.165, 1.54) is 57.8 Å². The molecule has 2 aliphatic carbocycles. The molecule has 0 aliphatic heterocycles. The van der Waals surface area contributed by atoms with Crippen LogP contribution in [0.3, 0.4) is 0 Å². The number of hydrogen-bond acceptors (Lipinski definition) is 0. The molecule has 0 radical (unpaired) electrons. The molecule has 94 valence electrons. The summed E-state index contributed by atoms with van der Waals surface area (Å²) in [7, 11) is 0. The van der Waals surface area contributed by atoms with Gasteiger partial charge in [-0.3, -0.25) is 4.98 Å². The van der Waals surface area contributed by atoms with Crippen molar-refractivity contribution in [3.05, 3.63) is 18.7 Å². The summed E-state index contributed by atoms with van der Waals surface area (Å²) in [5, 5.41) is 0. The normalized spacial score (nSPS) is 31.5. The van der Waals surface area contributed by atoms with Crippen LogP contribution in [0.25, 0.3) is 0 Å². The minimum atomic E-state index is 0.766. The van der Waals surface area contributed by atoms with Gasteiger partial charge >= 0.3 is 0 Å². The molecule has 2 saturated carbocycles. The number of imidazole rings is 1. The average molecular weight is 233 g/mol. The summed E-state index contributed by atoms with van der Waals surface area (Å²) in [5.74, 6) is 2.06. The molecule has 2 unspecified atom stereocenters. The number of aromatic nitrogens is 2. The fraction of sp³-hybridized carbons (Fsp3) is 0.800. The molecule has 1 aromatic rings. The smallest absolute Gasteiger partial charge is 0.241 e. The van der Waals surface area contributed by atoms with Crippen molar-refractivity contribution in [3.8, 4) is 0 Å². The summed E-state index contributed by atoms with van der Waals surface area (Å²) in [6.07, 6.45) is 19.6. The number of rotatable bonds is 2. The molecule has 3 rings (SSSR count). The Balaban J connectivity index is 1.63. The van der Waals surface area contributed by atoms with Gasteiger partial charge in [0.25, 0.3) is 0 Å². The lowest BCUT2D eigenvalue weighted by molar-refractivity contribution is -0.725. The van der Waals surface area contributed by atoms with Crippen LogP contribution in [0.2, 0.25) is 0 Å². The average Bonchev–Trinajstić information content (AvgIpc) is 2.94. The monoisotopic (exact) mass is 233 g/mol. The molecule has 0 spiro atoms. The molecule has 1 aromatic heterocycles. The third kappa shape index (κ3) is 2.56. The lowest BCUT2D eigenvalue weighted by atomic mass is 9.72. The van der Waals surface area contributed by atoms with Crippen molar-refractivity contribution in [2.24, 2.45) is 11.8 Å². The van der Waals surface area contributed by atoms with Gasteiger partial charge in [-0.2, -0.15) is 0 Å². The van der Waals surface area contributed by atoms with Gasteiger partial charge < -0.3 is 0 Å². The Hall–Kier alpha value is -0.790. The molecular formula is C15H25N2+. The first-order valence-corrected chi connectivity index (χ1v) is 7.47. The second-order valence-electron chi connectivity index (χ2n) is 6.04. The Morgan fingerprint density at radius 2 is 1.71 bits per heavy atom. The van der Waals surface area contributed by atoms with Gasteiger partial charge in [0.2, 0.25) is 6.33 Å². The first kappa shape index (κ1) is 11.3. The largest absolute Gasteiger partial charge is 0.250 e. The van der Waals surface area contributed by atoms with E-state index in [9.17, 15) is 0 Å². The maximum atomic E-state index is 3.18. The van der Waals surface area contributed by atoms with Crippen molar-refractivity contribution >= 4 is 0 Å². The molecule has 0 aromatic carbocycles. The second-order valence-corrected chi connectivity index (χ2v) is 6.04. The van der Waals surface area contributed by atoms with Crippen molar-refractivity contribution in [2.75, 3.05) is 0 Å². The predicted molar refractivity (Wildman–Crippen MR) is 68.6 cm³/mol. The summed E-state index contributed by atoms with van der Waals surface area (Å²) in [6.45, 7) is 0. The Bertz CT molecular complexity index is 325. The van der Waals surface area contributed by atoms with E-state index in [1.807, 2.05) is 6.20 Å². The van der Waals surface area contributed by atoms with E-state index in [1.54, 1.807) is 0 Å². The molecule has 2 atom stereocenters. The molecule has 0 saturated heterocycles. The second kappa shape index (κ2) is 5.24. The number of nitrogens with one attached hydrogen (secondary N) is 1. The van der Waals surface area contributed by atoms with Gasteiger partial charge in [-0.15, -0.1) is 0 Å². The maximum Gasteiger partial charge on any atom is 0.241 e. The van der Waals surface area contributed by atoms with Crippen LogP contribution in [0.1, 0.15) is 63.8 Å². The molecule has 0 bridgehead atoms. The Morgan fingerprint density at radius 1 is 0.882 bits per heavy atom. The third-order valence-corrected chi connectivity index (χ3v) is 4.99. The fourth-order valence-corrected chi connectivity index (χ4v) is 4.03. The molecule has 1 N–H and O–H groups in total. The first-order valence-electron chi connectivity index (χ1n) is 7.47. The van der Waals surface area contributed by atoms with Gasteiger partial charge in [0.1, 0.15) is 18.4 Å². The molecule has 2 fully saturated rings. The molecule has 1 heterocycles. The van der Waals surface area contributed by atoms with Gasteiger partial charge in [0.05, 0.1) is 0 Å². The van der Waals surface area contributed by atoms with Crippen LogP contribution in [0.15, 0.2) is 18.7 Å². The van der Waals surface area contributed by atoms with E-state index in [0.29, 0.717) is 0 Å². The Labute approximate surface area is 104 Å². The van der Waals surface area contributed by atoms with Gasteiger partial charge in [0.15, 0.2) is 0 Å². The Morgan fingerprint density at radius 3 is 2.47 bits per heavy atom. The summed E-state index contributed by atoms with van der Waals surface area (Å²) >= 11 is 0. The summed E-state index contributed by atoms with van der Waals surface area (Å²) in [4.78, 5) is 3.18. The van der Waals surface area contributed by atoms with Gasteiger partial charge in [0, 0.05) is 0 Å². The molecular weight excluding hydrogens is 208 g/mol. The SMILES string of the molecule is c1c[n+](C2CCCC(C3CCCCC3)C2)c[nH]1. The van der Waals surface area contributed by atoms with Crippen LogP contribution in [0.5, 0.6) is 0 Å². The zero-order chi connectivity index (χ0) is 11.5. The first-order chi connectivity index (χ1) is 8.43. The topological polar surface area (TPSA) is 19.7 Å². The van der Waals surface area contributed by atoms with Crippen molar-refractivity contribution in [2.45, 2.75) is 63.8 Å². The number of H-pyrrole nitrogens is 1. The molecule has 2 heteroatoms. The van der Waals surface area contributed by atoms with Crippen molar-refractivity contribution in [3.63, 3.8) is 0 Å². The maximum absolute atomic E-state index is 3.18. The van der Waals surface area contributed by atoms with Gasteiger partial charge in [-0.05, 0) is 37.5 Å². The van der Waals surface area contributed by atoms with Crippen LogP contribution in [0, 0.1) is 11.8 Å². The van der Waals surface area contributed by atoms with E-state index in [4.69, 9.17) is 0 Å². The third-order valence-electron chi connectivity index (χ3n) is 4.99. The lowest BCUT2D eigenvalue weighted by Gasteiger charge is -2.35. The lowest BCUT2D eigenvalue weighted by Crippen LogP contribution is -2.41. The van der Waals surface area contributed by atoms with E-state index in [-0.39, 0.29) is 0 Å². The highest BCUT2D eigenvalue weighted by molar-refractivity contribution is 4.79. The zero-order valence-electron chi connectivity index (χ0n) is 10.8. The highest BCUT2D eigenvalue weighted by Gasteiger charge is 2.31. The highest BCUT2D eigenvalue weighted by atomic mass is 15.0. The predicted octanol–water partition coefficient (Wildman–Crippen LogP) is 3.61. The van der Waals surface area contributed by atoms with Gasteiger partial charge in [-0.25, -0.2) is 4.57 Å². The van der Waals surface area contributed by atoms with Crippen molar-refractivity contribution in [1.82, 2.24) is 4.98 Å². The molecule has 0 amide bonds. The number of aromatic amines is 1. The highest BCUT2D eigenvalue weighted by Crippen LogP contribution is 2.40. The number of nitrogens with zero attached hydrogens (tertiary/aromatic N) is 1. The van der Waals surface area contributed by atoms with E-state index in [0.717, 1.165) is 17.9 Å². The Kier molecular flexibility index (Phi) is 3.49. The standard InChI is InChI=1S/C15H24N2/c1-2-5-13(6-3-1)14-7-4-8-15(11-14)17-10-9-16-12-17/h9-10,12-15H,1-8,11H2/p+1. The minimum Gasteiger partial charge on any atom is -0.250 e. The summed E-state index contributed by atoms with van der Waals surface area (Å²) in [5.41, 5.74) is 0. The van der Waals surface area contributed by atoms with Crippen molar-refractivity contribution in [1.29, 1.82) is 0 Å². The summed E-state index contributed by atoms with van der Waals surface area (Å²) in [6, 6.07) is 0.766. The van der Waals surface area contributed by atoms with Crippen LogP contribution in [0.4, 0.5) is 0 Å². The number of hydrogen-bond donors (Lipinski definition) is 1. The minimum absolute atomic E-state index is 0.766. The van der Waals surface area contributed by atoms with Crippen LogP contribution < -0.4 is 4.57 Å². The summed E-state index contributed by atoms with van der Waals surface area (Å²) < 4.78 is 2.40. The zero-order valence-corrected chi connectivity index (χ0v) is 10.8. The quantitative estimate of drug-likeness (QED) is 0.753. The van der Waals surface area contributed by atoms with E-state index < -0.39 is 0 Å². The van der Waals surface area contributed by atoms with Crippen LogP contribution >= 0.6 is 0 Å². The fourth-order valence-electron chi connectivity index (χ4n) is 4.03. The molecule has 2 nitrogen and oxygen atoms in total. The van der Waals surface area contributed by atoms with Crippen LogP contribution in [-0.4, -0.2) is 4.98 Å². The molecule has 17 heavy (non-hydrogen) atoms. The van der Waals surface area contributed by atoms with E-state index >= 15 is 0 Å². The van der Waals surface area contributed by atoms with Crippen molar-refractivity contribution < 1.29 is 4.57 Å². The van der Waals surface area contributed by atoms with E-state index in [2.05, 4.69) is 22.1 Å². The van der Waals surface area contributed by atoms with Gasteiger partial charge in [-0.1, -0.05) is 32.1 Å².